The standard InChI is InChI=1S/C18H12Cl2N4/c1-10-4-13(22)6-15(14-3-2-12(19)5-16(14)20)17(10)18-23-8-11(7-21)9-24-18/h2-6,8-9H,22H2,1H3. The van der Waals surface area contributed by atoms with E-state index in [1.165, 1.54) is 12.4 Å². The Balaban J connectivity index is 2.27. The highest BCUT2D eigenvalue weighted by Gasteiger charge is 2.16. The van der Waals surface area contributed by atoms with Crippen LogP contribution in [-0.4, -0.2) is 9.97 Å². The third kappa shape index (κ3) is 3.05. The number of halogens is 2. The lowest BCUT2D eigenvalue weighted by Gasteiger charge is -2.14. The molecular weight excluding hydrogens is 343 g/mol. The van der Waals surface area contributed by atoms with Crippen LogP contribution in [0.4, 0.5) is 5.69 Å². The lowest BCUT2D eigenvalue weighted by atomic mass is 9.94. The Morgan fingerprint density at radius 1 is 1.04 bits per heavy atom. The first-order valence-electron chi connectivity index (χ1n) is 7.07. The van der Waals surface area contributed by atoms with Gasteiger partial charge in [-0.05, 0) is 42.3 Å². The van der Waals surface area contributed by atoms with Gasteiger partial charge in [-0.1, -0.05) is 29.3 Å². The maximum absolute atomic E-state index is 8.91. The number of nitrogens with two attached hydrogens (primary N) is 1. The van der Waals surface area contributed by atoms with Gasteiger partial charge in [-0.25, -0.2) is 9.97 Å². The molecule has 1 aromatic heterocycles. The Morgan fingerprint density at radius 2 is 1.75 bits per heavy atom. The smallest absolute Gasteiger partial charge is 0.160 e. The van der Waals surface area contributed by atoms with Crippen molar-refractivity contribution in [2.45, 2.75) is 6.92 Å². The molecular formula is C18H12Cl2N4. The van der Waals surface area contributed by atoms with Crippen LogP contribution >= 0.6 is 23.2 Å². The number of aryl methyl sites for hydroxylation is 1. The number of anilines is 1. The molecule has 3 rings (SSSR count). The molecule has 0 aliphatic heterocycles. The topological polar surface area (TPSA) is 75.6 Å². The lowest BCUT2D eigenvalue weighted by molar-refractivity contribution is 1.15. The zero-order valence-corrected chi connectivity index (χ0v) is 14.2. The van der Waals surface area contributed by atoms with Crippen LogP contribution < -0.4 is 5.73 Å². The fraction of sp³-hybridized carbons (Fsp3) is 0.0556. The van der Waals surface area contributed by atoms with Gasteiger partial charge in [0.1, 0.15) is 6.07 Å². The minimum Gasteiger partial charge on any atom is -0.399 e. The van der Waals surface area contributed by atoms with Gasteiger partial charge in [0.25, 0.3) is 0 Å². The molecule has 0 spiro atoms. The third-order valence-corrected chi connectivity index (χ3v) is 4.13. The van der Waals surface area contributed by atoms with E-state index in [2.05, 4.69) is 9.97 Å². The molecule has 3 aromatic rings. The SMILES string of the molecule is Cc1cc(N)cc(-c2ccc(Cl)cc2Cl)c1-c1ncc(C#N)cn1. The Hall–Kier alpha value is -2.61. The molecule has 24 heavy (non-hydrogen) atoms. The van der Waals surface area contributed by atoms with Gasteiger partial charge in [-0.3, -0.25) is 0 Å². The second kappa shape index (κ2) is 6.48. The van der Waals surface area contributed by atoms with Crippen LogP contribution in [0, 0.1) is 18.3 Å². The van der Waals surface area contributed by atoms with Crippen LogP contribution in [0.15, 0.2) is 42.7 Å². The number of nitrogens with zero attached hydrogens (tertiary/aromatic N) is 3. The van der Waals surface area contributed by atoms with Gasteiger partial charge < -0.3 is 5.73 Å². The first-order chi connectivity index (χ1) is 11.5. The van der Waals surface area contributed by atoms with Crippen LogP contribution in [0.2, 0.25) is 10.0 Å². The molecule has 4 nitrogen and oxygen atoms in total. The Kier molecular flexibility index (Phi) is 4.39. The molecule has 0 amide bonds. The monoisotopic (exact) mass is 354 g/mol. The Bertz CT molecular complexity index is 960. The van der Waals surface area contributed by atoms with E-state index in [1.54, 1.807) is 12.1 Å². The average Bonchev–Trinajstić information content (AvgIpc) is 2.54. The van der Waals surface area contributed by atoms with Gasteiger partial charge >= 0.3 is 0 Å². The first kappa shape index (κ1) is 16.3. The van der Waals surface area contributed by atoms with E-state index in [1.807, 2.05) is 31.2 Å². The van der Waals surface area contributed by atoms with Gasteiger partial charge in [0.15, 0.2) is 5.82 Å². The third-order valence-electron chi connectivity index (χ3n) is 3.58. The minimum atomic E-state index is 0.401. The van der Waals surface area contributed by atoms with Crippen molar-refractivity contribution < 1.29 is 0 Å². The summed E-state index contributed by atoms with van der Waals surface area (Å²) in [7, 11) is 0. The maximum Gasteiger partial charge on any atom is 0.160 e. The number of hydrogen-bond acceptors (Lipinski definition) is 4. The summed E-state index contributed by atoms with van der Waals surface area (Å²) in [6.07, 6.45) is 2.98. The van der Waals surface area contributed by atoms with Crippen molar-refractivity contribution in [1.82, 2.24) is 9.97 Å². The molecule has 0 saturated heterocycles. The fourth-order valence-corrected chi connectivity index (χ4v) is 3.06. The molecule has 6 heteroatoms. The number of nitrogen functional groups attached to an aromatic ring is 1. The van der Waals surface area contributed by atoms with E-state index < -0.39 is 0 Å². The van der Waals surface area contributed by atoms with E-state index in [9.17, 15) is 0 Å². The summed E-state index contributed by atoms with van der Waals surface area (Å²) >= 11 is 12.4. The first-order valence-corrected chi connectivity index (χ1v) is 7.83. The normalized spacial score (nSPS) is 10.4. The average molecular weight is 355 g/mol. The van der Waals surface area contributed by atoms with Gasteiger partial charge in [0, 0.05) is 39.3 Å². The highest BCUT2D eigenvalue weighted by Crippen LogP contribution is 2.39. The highest BCUT2D eigenvalue weighted by molar-refractivity contribution is 6.36. The summed E-state index contributed by atoms with van der Waals surface area (Å²) < 4.78 is 0. The molecule has 118 valence electrons. The zero-order valence-electron chi connectivity index (χ0n) is 12.7. The van der Waals surface area contributed by atoms with E-state index in [0.29, 0.717) is 27.1 Å². The molecule has 0 radical (unpaired) electrons. The quantitative estimate of drug-likeness (QED) is 0.665. The summed E-state index contributed by atoms with van der Waals surface area (Å²) in [5.74, 6) is 0.507. The molecule has 1 heterocycles. The van der Waals surface area contributed by atoms with Crippen molar-refractivity contribution in [3.63, 3.8) is 0 Å². The predicted molar refractivity (Wildman–Crippen MR) is 96.8 cm³/mol. The van der Waals surface area contributed by atoms with Gasteiger partial charge in [-0.15, -0.1) is 0 Å². The fourth-order valence-electron chi connectivity index (χ4n) is 2.55. The molecule has 0 saturated carbocycles. The van der Waals surface area contributed by atoms with Crippen molar-refractivity contribution in [3.8, 4) is 28.6 Å². The van der Waals surface area contributed by atoms with Gasteiger partial charge in [0.2, 0.25) is 0 Å². The van der Waals surface area contributed by atoms with Crippen molar-refractivity contribution >= 4 is 28.9 Å². The number of aromatic nitrogens is 2. The van der Waals surface area contributed by atoms with E-state index in [-0.39, 0.29) is 0 Å². The zero-order chi connectivity index (χ0) is 17.3. The summed E-state index contributed by atoms with van der Waals surface area (Å²) in [6, 6.07) is 11.0. The van der Waals surface area contributed by atoms with Crippen molar-refractivity contribution in [2.24, 2.45) is 0 Å². The predicted octanol–water partition coefficient (Wildman–Crippen LogP) is 4.88. The molecule has 0 aliphatic carbocycles. The molecule has 0 atom stereocenters. The van der Waals surface area contributed by atoms with Crippen LogP contribution in [-0.2, 0) is 0 Å². The molecule has 0 unspecified atom stereocenters. The van der Waals surface area contributed by atoms with Crippen molar-refractivity contribution in [2.75, 3.05) is 5.73 Å². The second-order valence-electron chi connectivity index (χ2n) is 5.29. The van der Waals surface area contributed by atoms with E-state index >= 15 is 0 Å². The van der Waals surface area contributed by atoms with Gasteiger partial charge in [-0.2, -0.15) is 5.26 Å². The number of hydrogen-bond donors (Lipinski definition) is 1. The van der Waals surface area contributed by atoms with Crippen LogP contribution in [0.1, 0.15) is 11.1 Å². The molecule has 2 aromatic carbocycles. The summed E-state index contributed by atoms with van der Waals surface area (Å²) in [5, 5.41) is 9.98. The second-order valence-corrected chi connectivity index (χ2v) is 6.14. The molecule has 0 fully saturated rings. The summed E-state index contributed by atoms with van der Waals surface area (Å²) in [6.45, 7) is 1.93. The maximum atomic E-state index is 8.91. The Labute approximate surface area is 149 Å². The van der Waals surface area contributed by atoms with E-state index in [4.69, 9.17) is 34.2 Å². The number of rotatable bonds is 2. The lowest BCUT2D eigenvalue weighted by Crippen LogP contribution is -1.98. The minimum absolute atomic E-state index is 0.401. The van der Waals surface area contributed by atoms with Crippen LogP contribution in [0.3, 0.4) is 0 Å². The molecule has 2 N–H and O–H groups in total. The molecule has 0 aliphatic rings. The highest BCUT2D eigenvalue weighted by atomic mass is 35.5. The Morgan fingerprint density at radius 3 is 2.38 bits per heavy atom. The summed E-state index contributed by atoms with van der Waals surface area (Å²) in [4.78, 5) is 8.60. The van der Waals surface area contributed by atoms with Crippen LogP contribution in [0.5, 0.6) is 0 Å². The van der Waals surface area contributed by atoms with Crippen LogP contribution in [0.25, 0.3) is 22.5 Å². The van der Waals surface area contributed by atoms with Crippen molar-refractivity contribution in [1.29, 1.82) is 5.26 Å². The number of benzene rings is 2. The molecule has 0 bridgehead atoms. The van der Waals surface area contributed by atoms with E-state index in [0.717, 1.165) is 22.3 Å². The largest absolute Gasteiger partial charge is 0.399 e. The summed E-state index contributed by atoms with van der Waals surface area (Å²) in [5.41, 5.74) is 10.4. The van der Waals surface area contributed by atoms with Crippen molar-refractivity contribution in [3.05, 3.63) is 63.9 Å². The number of nitriles is 1. The van der Waals surface area contributed by atoms with Gasteiger partial charge in [0.05, 0.1) is 5.56 Å².